The lowest BCUT2D eigenvalue weighted by molar-refractivity contribution is -0.127. The monoisotopic (exact) mass is 325 g/mol. The molecule has 0 spiro atoms. The summed E-state index contributed by atoms with van der Waals surface area (Å²) in [4.78, 5) is 18.5. The largest absolute Gasteiger partial charge is 0.339 e. The van der Waals surface area contributed by atoms with E-state index in [1.54, 1.807) is 12.2 Å². The van der Waals surface area contributed by atoms with Gasteiger partial charge in [-0.15, -0.1) is 0 Å². The van der Waals surface area contributed by atoms with Crippen molar-refractivity contribution < 1.29 is 9.32 Å². The molecule has 2 aromatic rings. The van der Waals surface area contributed by atoms with Gasteiger partial charge >= 0.3 is 0 Å². The molecule has 1 aromatic heterocycles. The summed E-state index contributed by atoms with van der Waals surface area (Å²) in [5.41, 5.74) is 2.13. The van der Waals surface area contributed by atoms with Crippen LogP contribution in [0.1, 0.15) is 31.2 Å². The lowest BCUT2D eigenvalue weighted by atomic mass is 9.94. The van der Waals surface area contributed by atoms with Crippen LogP contribution in [0, 0.1) is 12.8 Å². The average molecular weight is 325 g/mol. The Labute approximate surface area is 142 Å². The molecular formula is C19H23N3O2. The zero-order chi connectivity index (χ0) is 16.9. The van der Waals surface area contributed by atoms with Crippen molar-refractivity contribution in [2.45, 2.75) is 33.1 Å². The van der Waals surface area contributed by atoms with Crippen LogP contribution < -0.4 is 0 Å². The molecule has 1 fully saturated rings. The summed E-state index contributed by atoms with van der Waals surface area (Å²) >= 11 is 0. The highest BCUT2D eigenvalue weighted by molar-refractivity contribution is 5.87. The molecule has 1 aliphatic rings. The second-order valence-electron chi connectivity index (χ2n) is 6.32. The summed E-state index contributed by atoms with van der Waals surface area (Å²) in [5.74, 6) is 1.76. The molecule has 0 N–H and O–H groups in total. The van der Waals surface area contributed by atoms with Crippen molar-refractivity contribution in [1.82, 2.24) is 15.0 Å². The molecule has 5 heteroatoms. The van der Waals surface area contributed by atoms with Crippen LogP contribution in [0.15, 0.2) is 40.9 Å². The zero-order valence-corrected chi connectivity index (χ0v) is 14.2. The third-order valence-corrected chi connectivity index (χ3v) is 4.46. The highest BCUT2D eigenvalue weighted by atomic mass is 16.5. The third kappa shape index (κ3) is 3.72. The van der Waals surface area contributed by atoms with Crippen LogP contribution >= 0.6 is 0 Å². The van der Waals surface area contributed by atoms with E-state index in [9.17, 15) is 4.79 Å². The molecule has 5 nitrogen and oxygen atoms in total. The molecule has 2 heterocycles. The summed E-state index contributed by atoms with van der Waals surface area (Å²) in [6.07, 6.45) is 6.25. The Morgan fingerprint density at radius 2 is 2.25 bits per heavy atom. The lowest BCUT2D eigenvalue weighted by Crippen LogP contribution is -2.39. The van der Waals surface area contributed by atoms with E-state index in [1.165, 1.54) is 0 Å². The van der Waals surface area contributed by atoms with Crippen LogP contribution in [0.5, 0.6) is 0 Å². The first kappa shape index (κ1) is 16.4. The standard InChI is InChI=1S/C19H23N3O2/c1-3-7-18(23)22-11-6-9-15(13-22)12-17-20-19(21-24-17)16-10-5-4-8-14(16)2/h3-5,7-8,10,15H,6,9,11-13H2,1-2H3/b7-3-. The Hall–Kier alpha value is -2.43. The molecule has 1 saturated heterocycles. The summed E-state index contributed by atoms with van der Waals surface area (Å²) in [6, 6.07) is 8.02. The average Bonchev–Trinajstić information content (AvgIpc) is 3.04. The number of likely N-dealkylation sites (tertiary alicyclic amines) is 1. The van der Waals surface area contributed by atoms with Gasteiger partial charge in [-0.25, -0.2) is 0 Å². The van der Waals surface area contributed by atoms with Crippen molar-refractivity contribution in [2.75, 3.05) is 13.1 Å². The minimum atomic E-state index is 0.0910. The molecule has 24 heavy (non-hydrogen) atoms. The van der Waals surface area contributed by atoms with E-state index in [2.05, 4.69) is 10.1 Å². The molecule has 3 rings (SSSR count). The fraction of sp³-hybridized carbons (Fsp3) is 0.421. The quantitative estimate of drug-likeness (QED) is 0.808. The number of hydrogen-bond donors (Lipinski definition) is 0. The smallest absolute Gasteiger partial charge is 0.246 e. The van der Waals surface area contributed by atoms with Crippen molar-refractivity contribution >= 4 is 5.91 Å². The maximum atomic E-state index is 12.0. The number of piperidine rings is 1. The summed E-state index contributed by atoms with van der Waals surface area (Å²) < 4.78 is 5.44. The van der Waals surface area contributed by atoms with Gasteiger partial charge < -0.3 is 9.42 Å². The SMILES string of the molecule is C/C=C\C(=O)N1CCCC(Cc2nc(-c3ccccc3C)no2)C1. The fourth-order valence-electron chi connectivity index (χ4n) is 3.20. The molecule has 1 aromatic carbocycles. The number of aromatic nitrogens is 2. The molecule has 1 unspecified atom stereocenters. The molecule has 1 amide bonds. The zero-order valence-electron chi connectivity index (χ0n) is 14.2. The number of allylic oxidation sites excluding steroid dienone is 1. The van der Waals surface area contributed by atoms with Gasteiger partial charge in [0.05, 0.1) is 0 Å². The number of carbonyl (C=O) groups is 1. The molecule has 0 aliphatic carbocycles. The molecule has 0 radical (unpaired) electrons. The predicted molar refractivity (Wildman–Crippen MR) is 92.3 cm³/mol. The number of carbonyl (C=O) groups excluding carboxylic acids is 1. The van der Waals surface area contributed by atoms with Crippen molar-refractivity contribution in [3.8, 4) is 11.4 Å². The van der Waals surface area contributed by atoms with E-state index in [0.717, 1.165) is 43.5 Å². The Morgan fingerprint density at radius 3 is 3.04 bits per heavy atom. The van der Waals surface area contributed by atoms with Gasteiger partial charge in [0.15, 0.2) is 0 Å². The second-order valence-corrected chi connectivity index (χ2v) is 6.32. The highest BCUT2D eigenvalue weighted by Crippen LogP contribution is 2.23. The number of aryl methyl sites for hydroxylation is 1. The molecule has 0 saturated carbocycles. The Kier molecular flexibility index (Phi) is 5.08. The van der Waals surface area contributed by atoms with Gasteiger partial charge in [0.1, 0.15) is 0 Å². The van der Waals surface area contributed by atoms with Crippen LogP contribution in [0.2, 0.25) is 0 Å². The van der Waals surface area contributed by atoms with Crippen LogP contribution in [0.4, 0.5) is 0 Å². The van der Waals surface area contributed by atoms with Crippen LogP contribution in [0.3, 0.4) is 0 Å². The van der Waals surface area contributed by atoms with E-state index in [4.69, 9.17) is 4.52 Å². The maximum absolute atomic E-state index is 12.0. The van der Waals surface area contributed by atoms with Gasteiger partial charge in [0.25, 0.3) is 0 Å². The number of hydrogen-bond acceptors (Lipinski definition) is 4. The summed E-state index contributed by atoms with van der Waals surface area (Å²) in [5, 5.41) is 4.12. The van der Waals surface area contributed by atoms with Gasteiger partial charge in [-0.05, 0) is 44.2 Å². The number of nitrogens with zero attached hydrogens (tertiary/aromatic N) is 3. The van der Waals surface area contributed by atoms with Gasteiger partial charge in [0, 0.05) is 25.1 Å². The molecule has 0 bridgehead atoms. The van der Waals surface area contributed by atoms with Gasteiger partial charge in [-0.3, -0.25) is 4.79 Å². The van der Waals surface area contributed by atoms with E-state index in [1.807, 2.05) is 43.0 Å². The minimum Gasteiger partial charge on any atom is -0.339 e. The van der Waals surface area contributed by atoms with Gasteiger partial charge in [-0.2, -0.15) is 4.98 Å². The molecule has 1 atom stereocenters. The van der Waals surface area contributed by atoms with Crippen molar-refractivity contribution in [3.63, 3.8) is 0 Å². The summed E-state index contributed by atoms with van der Waals surface area (Å²) in [6.45, 7) is 5.49. The second kappa shape index (κ2) is 7.43. The van der Waals surface area contributed by atoms with Crippen molar-refractivity contribution in [3.05, 3.63) is 47.9 Å². The van der Waals surface area contributed by atoms with Crippen LogP contribution in [-0.4, -0.2) is 34.0 Å². The molecule has 126 valence electrons. The number of rotatable bonds is 4. The summed E-state index contributed by atoms with van der Waals surface area (Å²) in [7, 11) is 0. The lowest BCUT2D eigenvalue weighted by Gasteiger charge is -2.31. The fourth-order valence-corrected chi connectivity index (χ4v) is 3.20. The normalized spacial score (nSPS) is 18.2. The first-order valence-corrected chi connectivity index (χ1v) is 8.47. The number of amides is 1. The Balaban J connectivity index is 1.66. The number of benzene rings is 1. The van der Waals surface area contributed by atoms with E-state index in [-0.39, 0.29) is 5.91 Å². The third-order valence-electron chi connectivity index (χ3n) is 4.46. The predicted octanol–water partition coefficient (Wildman–Crippen LogP) is 3.40. The van der Waals surface area contributed by atoms with Crippen molar-refractivity contribution in [2.24, 2.45) is 5.92 Å². The molecular weight excluding hydrogens is 302 g/mol. The Bertz CT molecular complexity index is 736. The van der Waals surface area contributed by atoms with Gasteiger partial charge in [-0.1, -0.05) is 35.5 Å². The highest BCUT2D eigenvalue weighted by Gasteiger charge is 2.24. The Morgan fingerprint density at radius 1 is 1.42 bits per heavy atom. The first-order chi connectivity index (χ1) is 11.7. The van der Waals surface area contributed by atoms with Crippen LogP contribution in [-0.2, 0) is 11.2 Å². The minimum absolute atomic E-state index is 0.0910. The molecule has 1 aliphatic heterocycles. The first-order valence-electron chi connectivity index (χ1n) is 8.47. The maximum Gasteiger partial charge on any atom is 0.246 e. The van der Waals surface area contributed by atoms with Crippen molar-refractivity contribution in [1.29, 1.82) is 0 Å². The van der Waals surface area contributed by atoms with Gasteiger partial charge in [0.2, 0.25) is 17.6 Å². The van der Waals surface area contributed by atoms with E-state index < -0.39 is 0 Å². The van der Waals surface area contributed by atoms with E-state index >= 15 is 0 Å². The topological polar surface area (TPSA) is 59.2 Å². The van der Waals surface area contributed by atoms with Crippen LogP contribution in [0.25, 0.3) is 11.4 Å². The van der Waals surface area contributed by atoms with E-state index in [0.29, 0.717) is 17.6 Å².